The van der Waals surface area contributed by atoms with E-state index in [0.29, 0.717) is 0 Å². The quantitative estimate of drug-likeness (QED) is 0.206. The Hall–Kier alpha value is -5.73. The molecule has 0 aliphatic rings. The molecule has 0 aliphatic carbocycles. The van der Waals surface area contributed by atoms with Crippen molar-refractivity contribution in [2.45, 2.75) is 0 Å². The number of nitrogens with zero attached hydrogens (tertiary/aromatic N) is 1. The normalized spacial score (nSPS) is 11.7. The Morgan fingerprint density at radius 3 is 1.63 bits per heavy atom. The second-order valence-electron chi connectivity index (χ2n) is 11.1. The molecule has 0 spiro atoms. The summed E-state index contributed by atoms with van der Waals surface area (Å²) in [6.07, 6.45) is 1.88. The Morgan fingerprint density at radius 1 is 0.395 bits per heavy atom. The molecule has 2 aromatic heterocycles. The molecule has 9 rings (SSSR count). The van der Waals surface area contributed by atoms with Crippen molar-refractivity contribution >= 4 is 54.3 Å². The van der Waals surface area contributed by atoms with Crippen molar-refractivity contribution in [2.24, 2.45) is 0 Å². The van der Waals surface area contributed by atoms with Crippen LogP contribution in [0.1, 0.15) is 0 Å². The maximum atomic E-state index is 6.29. The standard InChI is InChI=1S/C41H25NO/c1-2-10-29-25-30(22-17-26(29)9-1)39-34-14-5-3-12-32(34)38(33-13-4-6-15-35(33)39)27-18-20-28(21-19-27)40-41-36(23-24-42-40)31-11-7-8-16-37(31)43-41/h1-25H. The SMILES string of the molecule is c1ccc2cc(-c3c4ccccc4c(-c4ccc(-c5nccc6c5oc5ccccc56)cc4)c4ccccc34)ccc2c1. The molecule has 2 heterocycles. The molecule has 200 valence electrons. The minimum atomic E-state index is 0.826. The van der Waals surface area contributed by atoms with Crippen LogP contribution in [-0.4, -0.2) is 4.98 Å². The first kappa shape index (κ1) is 23.9. The maximum Gasteiger partial charge on any atom is 0.161 e. The lowest BCUT2D eigenvalue weighted by Gasteiger charge is -2.18. The van der Waals surface area contributed by atoms with Crippen molar-refractivity contribution in [1.29, 1.82) is 0 Å². The molecule has 0 radical (unpaired) electrons. The van der Waals surface area contributed by atoms with Crippen molar-refractivity contribution < 1.29 is 4.42 Å². The van der Waals surface area contributed by atoms with Gasteiger partial charge in [-0.25, -0.2) is 0 Å². The average Bonchev–Trinajstić information content (AvgIpc) is 3.46. The van der Waals surface area contributed by atoms with Gasteiger partial charge in [0.15, 0.2) is 5.58 Å². The molecule has 0 aliphatic heterocycles. The van der Waals surface area contributed by atoms with E-state index < -0.39 is 0 Å². The van der Waals surface area contributed by atoms with Crippen LogP contribution in [-0.2, 0) is 0 Å². The van der Waals surface area contributed by atoms with E-state index in [1.54, 1.807) is 0 Å². The Balaban J connectivity index is 1.25. The largest absolute Gasteiger partial charge is 0.454 e. The number of fused-ring (bicyclic) bond motifs is 6. The fourth-order valence-corrected chi connectivity index (χ4v) is 6.75. The molecule has 0 fully saturated rings. The third-order valence-electron chi connectivity index (χ3n) is 8.71. The molecule has 7 aromatic carbocycles. The zero-order chi connectivity index (χ0) is 28.3. The van der Waals surface area contributed by atoms with Gasteiger partial charge in [-0.1, -0.05) is 127 Å². The van der Waals surface area contributed by atoms with Crippen LogP contribution in [0.2, 0.25) is 0 Å². The predicted molar refractivity (Wildman–Crippen MR) is 180 cm³/mol. The molecular formula is C41H25NO. The number of hydrogen-bond acceptors (Lipinski definition) is 2. The van der Waals surface area contributed by atoms with Crippen LogP contribution in [0.15, 0.2) is 156 Å². The molecule has 0 atom stereocenters. The molecule has 9 aromatic rings. The summed E-state index contributed by atoms with van der Waals surface area (Å²) in [6.45, 7) is 0. The zero-order valence-electron chi connectivity index (χ0n) is 23.3. The second kappa shape index (κ2) is 9.40. The second-order valence-corrected chi connectivity index (χ2v) is 11.1. The van der Waals surface area contributed by atoms with E-state index in [0.717, 1.165) is 33.2 Å². The van der Waals surface area contributed by atoms with Gasteiger partial charge in [-0.15, -0.1) is 0 Å². The van der Waals surface area contributed by atoms with Crippen molar-refractivity contribution in [2.75, 3.05) is 0 Å². The fourth-order valence-electron chi connectivity index (χ4n) is 6.75. The first-order valence-electron chi connectivity index (χ1n) is 14.6. The summed E-state index contributed by atoms with van der Waals surface area (Å²) in [6, 6.07) is 52.0. The highest BCUT2D eigenvalue weighted by Gasteiger charge is 2.18. The number of benzene rings is 7. The van der Waals surface area contributed by atoms with Crippen molar-refractivity contribution in [3.63, 3.8) is 0 Å². The van der Waals surface area contributed by atoms with Gasteiger partial charge in [-0.3, -0.25) is 4.98 Å². The Morgan fingerprint density at radius 2 is 0.930 bits per heavy atom. The van der Waals surface area contributed by atoms with E-state index in [-0.39, 0.29) is 0 Å². The van der Waals surface area contributed by atoms with Crippen molar-refractivity contribution in [3.05, 3.63) is 152 Å². The lowest BCUT2D eigenvalue weighted by Crippen LogP contribution is -1.91. The fraction of sp³-hybridized carbons (Fsp3) is 0. The van der Waals surface area contributed by atoms with E-state index in [9.17, 15) is 0 Å². The van der Waals surface area contributed by atoms with Gasteiger partial charge in [-0.2, -0.15) is 0 Å². The Bertz CT molecular complexity index is 2450. The third kappa shape index (κ3) is 3.70. The molecule has 0 saturated heterocycles. The number of pyridine rings is 1. The van der Waals surface area contributed by atoms with Gasteiger partial charge >= 0.3 is 0 Å². The monoisotopic (exact) mass is 547 g/mol. The minimum Gasteiger partial charge on any atom is -0.454 e. The van der Waals surface area contributed by atoms with E-state index in [4.69, 9.17) is 9.40 Å². The molecule has 0 bridgehead atoms. The van der Waals surface area contributed by atoms with Gasteiger partial charge in [0.2, 0.25) is 0 Å². The van der Waals surface area contributed by atoms with Gasteiger partial charge in [0.1, 0.15) is 11.3 Å². The number of aromatic nitrogens is 1. The van der Waals surface area contributed by atoms with Gasteiger partial charge in [0.25, 0.3) is 0 Å². The molecule has 2 nitrogen and oxygen atoms in total. The first-order valence-corrected chi connectivity index (χ1v) is 14.6. The van der Waals surface area contributed by atoms with Gasteiger partial charge in [0.05, 0.1) is 0 Å². The smallest absolute Gasteiger partial charge is 0.161 e. The third-order valence-corrected chi connectivity index (χ3v) is 8.71. The summed E-state index contributed by atoms with van der Waals surface area (Å²) in [5.74, 6) is 0. The summed E-state index contributed by atoms with van der Waals surface area (Å²) in [5.41, 5.74) is 8.54. The van der Waals surface area contributed by atoms with Crippen LogP contribution in [0.5, 0.6) is 0 Å². The number of rotatable bonds is 3. The van der Waals surface area contributed by atoms with E-state index in [1.165, 1.54) is 54.6 Å². The lowest BCUT2D eigenvalue weighted by atomic mass is 9.85. The summed E-state index contributed by atoms with van der Waals surface area (Å²) in [7, 11) is 0. The number of furan rings is 1. The topological polar surface area (TPSA) is 26.0 Å². The van der Waals surface area contributed by atoms with Gasteiger partial charge in [0, 0.05) is 22.5 Å². The molecule has 2 heteroatoms. The van der Waals surface area contributed by atoms with Crippen LogP contribution < -0.4 is 0 Å². The van der Waals surface area contributed by atoms with E-state index in [1.807, 2.05) is 30.5 Å². The Labute approximate surface area is 248 Å². The molecule has 43 heavy (non-hydrogen) atoms. The zero-order valence-corrected chi connectivity index (χ0v) is 23.3. The van der Waals surface area contributed by atoms with Gasteiger partial charge in [-0.05, 0) is 72.8 Å². The molecule has 0 N–H and O–H groups in total. The molecular weight excluding hydrogens is 522 g/mol. The molecule has 0 amide bonds. The van der Waals surface area contributed by atoms with E-state index >= 15 is 0 Å². The van der Waals surface area contributed by atoms with Crippen LogP contribution in [0.4, 0.5) is 0 Å². The minimum absolute atomic E-state index is 0.826. The summed E-state index contributed by atoms with van der Waals surface area (Å²) >= 11 is 0. The number of hydrogen-bond donors (Lipinski definition) is 0. The van der Waals surface area contributed by atoms with Crippen molar-refractivity contribution in [3.8, 4) is 33.5 Å². The highest BCUT2D eigenvalue weighted by molar-refractivity contribution is 6.21. The van der Waals surface area contributed by atoms with Crippen LogP contribution in [0.25, 0.3) is 87.8 Å². The highest BCUT2D eigenvalue weighted by Crippen LogP contribution is 2.44. The number of para-hydroxylation sites is 1. The maximum absolute atomic E-state index is 6.29. The van der Waals surface area contributed by atoms with Crippen molar-refractivity contribution in [1.82, 2.24) is 4.98 Å². The van der Waals surface area contributed by atoms with Gasteiger partial charge < -0.3 is 4.42 Å². The van der Waals surface area contributed by atoms with Crippen LogP contribution in [0, 0.1) is 0 Å². The highest BCUT2D eigenvalue weighted by atomic mass is 16.3. The molecule has 0 saturated carbocycles. The van der Waals surface area contributed by atoms with E-state index in [2.05, 4.69) is 121 Å². The summed E-state index contributed by atoms with van der Waals surface area (Å²) in [4.78, 5) is 4.75. The predicted octanol–water partition coefficient (Wildman–Crippen LogP) is 11.4. The molecule has 0 unspecified atom stereocenters. The first-order chi connectivity index (χ1) is 21.3. The Kier molecular flexibility index (Phi) is 5.23. The van der Waals surface area contributed by atoms with Crippen LogP contribution in [0.3, 0.4) is 0 Å². The summed E-state index contributed by atoms with van der Waals surface area (Å²) in [5, 5.41) is 9.70. The summed E-state index contributed by atoms with van der Waals surface area (Å²) < 4.78 is 6.29. The van der Waals surface area contributed by atoms with Crippen LogP contribution >= 0.6 is 0 Å². The average molecular weight is 548 g/mol. The lowest BCUT2D eigenvalue weighted by molar-refractivity contribution is 0.668.